The number of amides is 1. The summed E-state index contributed by atoms with van der Waals surface area (Å²) in [5.41, 5.74) is 0.767. The van der Waals surface area contributed by atoms with E-state index < -0.39 is 43.0 Å². The predicted octanol–water partition coefficient (Wildman–Crippen LogP) is 2.17. The number of benzene rings is 1. The summed E-state index contributed by atoms with van der Waals surface area (Å²) in [4.78, 5) is 24.5. The molecule has 2 rings (SSSR count). The van der Waals surface area contributed by atoms with E-state index in [-0.39, 0.29) is 12.2 Å². The van der Waals surface area contributed by atoms with Crippen LogP contribution in [0.1, 0.15) is 15.9 Å². The van der Waals surface area contributed by atoms with Crippen LogP contribution in [0.25, 0.3) is 0 Å². The van der Waals surface area contributed by atoms with Crippen molar-refractivity contribution in [2.24, 2.45) is 11.8 Å². The Morgan fingerprint density at radius 3 is 2.48 bits per heavy atom. The molecule has 1 aliphatic heterocycles. The Morgan fingerprint density at radius 2 is 1.96 bits per heavy atom. The molecule has 1 aromatic carbocycles. The highest BCUT2D eigenvalue weighted by Gasteiger charge is 2.53. The SMILES string of the molecule is COCc1ccccc1C(=O)N1C[C@@H](C(F)(F)F)[C@H](C(=O)O)C1. The lowest BCUT2D eigenvalue weighted by Gasteiger charge is -2.19. The molecule has 1 saturated heterocycles. The first kappa shape index (κ1) is 17.3. The van der Waals surface area contributed by atoms with E-state index in [1.165, 1.54) is 13.2 Å². The first-order valence-corrected chi connectivity index (χ1v) is 6.91. The number of hydrogen-bond donors (Lipinski definition) is 1. The van der Waals surface area contributed by atoms with E-state index in [4.69, 9.17) is 9.84 Å². The quantitative estimate of drug-likeness (QED) is 0.918. The van der Waals surface area contributed by atoms with Crippen LogP contribution in [0, 0.1) is 11.8 Å². The molecule has 0 unspecified atom stereocenters. The zero-order chi connectivity index (χ0) is 17.2. The van der Waals surface area contributed by atoms with Crippen LogP contribution >= 0.6 is 0 Å². The number of halogens is 3. The number of alkyl halides is 3. The maximum atomic E-state index is 13.0. The third kappa shape index (κ3) is 3.64. The van der Waals surface area contributed by atoms with Gasteiger partial charge in [0, 0.05) is 25.8 Å². The number of carbonyl (C=O) groups excluding carboxylic acids is 1. The van der Waals surface area contributed by atoms with Gasteiger partial charge < -0.3 is 14.7 Å². The average molecular weight is 331 g/mol. The number of aliphatic carboxylic acids is 1. The lowest BCUT2D eigenvalue weighted by Crippen LogP contribution is -2.34. The van der Waals surface area contributed by atoms with Gasteiger partial charge in [0.2, 0.25) is 0 Å². The summed E-state index contributed by atoms with van der Waals surface area (Å²) in [6.45, 7) is -0.971. The van der Waals surface area contributed by atoms with Crippen LogP contribution in [0.15, 0.2) is 24.3 Å². The van der Waals surface area contributed by atoms with Crippen LogP contribution in [0.2, 0.25) is 0 Å². The first-order valence-electron chi connectivity index (χ1n) is 6.91. The van der Waals surface area contributed by atoms with E-state index in [0.29, 0.717) is 5.56 Å². The van der Waals surface area contributed by atoms with Gasteiger partial charge in [0.25, 0.3) is 5.91 Å². The molecule has 1 amide bonds. The fourth-order valence-corrected chi connectivity index (χ4v) is 2.73. The smallest absolute Gasteiger partial charge is 0.394 e. The molecule has 126 valence electrons. The first-order chi connectivity index (χ1) is 10.8. The van der Waals surface area contributed by atoms with Crippen molar-refractivity contribution < 1.29 is 32.6 Å². The van der Waals surface area contributed by atoms with Gasteiger partial charge in [-0.1, -0.05) is 18.2 Å². The number of carboxylic acid groups (broad SMARTS) is 1. The van der Waals surface area contributed by atoms with E-state index in [1.807, 2.05) is 0 Å². The number of methoxy groups -OCH3 is 1. The minimum Gasteiger partial charge on any atom is -0.481 e. The van der Waals surface area contributed by atoms with Crippen LogP contribution in [-0.2, 0) is 16.1 Å². The van der Waals surface area contributed by atoms with Gasteiger partial charge in [0.1, 0.15) is 0 Å². The molecule has 0 spiro atoms. The van der Waals surface area contributed by atoms with Crippen LogP contribution in [0.4, 0.5) is 13.2 Å². The van der Waals surface area contributed by atoms with Gasteiger partial charge in [-0.25, -0.2) is 0 Å². The second-order valence-electron chi connectivity index (χ2n) is 5.39. The predicted molar refractivity (Wildman–Crippen MR) is 73.7 cm³/mol. The van der Waals surface area contributed by atoms with Crippen molar-refractivity contribution in [2.75, 3.05) is 20.2 Å². The number of rotatable bonds is 4. The van der Waals surface area contributed by atoms with Crippen molar-refractivity contribution in [3.63, 3.8) is 0 Å². The fraction of sp³-hybridized carbons (Fsp3) is 0.467. The number of carbonyl (C=O) groups is 2. The molecule has 1 heterocycles. The molecule has 8 heteroatoms. The minimum atomic E-state index is -4.66. The van der Waals surface area contributed by atoms with E-state index in [0.717, 1.165) is 4.90 Å². The second kappa shape index (κ2) is 6.57. The molecule has 0 saturated carbocycles. The maximum Gasteiger partial charge on any atom is 0.394 e. The minimum absolute atomic E-state index is 0.140. The van der Waals surface area contributed by atoms with Crippen molar-refractivity contribution in [3.8, 4) is 0 Å². The third-order valence-corrected chi connectivity index (χ3v) is 3.89. The highest BCUT2D eigenvalue weighted by molar-refractivity contribution is 5.96. The lowest BCUT2D eigenvalue weighted by atomic mass is 9.96. The number of nitrogens with zero attached hydrogens (tertiary/aromatic N) is 1. The van der Waals surface area contributed by atoms with Crippen molar-refractivity contribution in [1.29, 1.82) is 0 Å². The third-order valence-electron chi connectivity index (χ3n) is 3.89. The summed E-state index contributed by atoms with van der Waals surface area (Å²) in [7, 11) is 1.44. The molecule has 1 fully saturated rings. The summed E-state index contributed by atoms with van der Waals surface area (Å²) in [5, 5.41) is 9.00. The van der Waals surface area contributed by atoms with E-state index in [1.54, 1.807) is 18.2 Å². The van der Waals surface area contributed by atoms with Gasteiger partial charge in [0.05, 0.1) is 18.4 Å². The van der Waals surface area contributed by atoms with E-state index >= 15 is 0 Å². The zero-order valence-electron chi connectivity index (χ0n) is 12.3. The van der Waals surface area contributed by atoms with Gasteiger partial charge in [-0.05, 0) is 11.6 Å². The van der Waals surface area contributed by atoms with Crippen molar-refractivity contribution >= 4 is 11.9 Å². The summed E-state index contributed by atoms with van der Waals surface area (Å²) in [5.74, 6) is -5.87. The maximum absolute atomic E-state index is 13.0. The van der Waals surface area contributed by atoms with Crippen molar-refractivity contribution in [3.05, 3.63) is 35.4 Å². The van der Waals surface area contributed by atoms with Crippen LogP contribution in [-0.4, -0.2) is 48.3 Å². The van der Waals surface area contributed by atoms with Gasteiger partial charge in [-0.3, -0.25) is 9.59 Å². The molecular weight excluding hydrogens is 315 g/mol. The standard InChI is InChI=1S/C15H16F3NO4/c1-23-8-9-4-2-3-5-10(9)13(20)19-6-11(14(21)22)12(7-19)15(16,17)18/h2-5,11-12H,6-8H2,1H3,(H,21,22)/t11-,12-/m1/s1. The van der Waals surface area contributed by atoms with Crippen LogP contribution in [0.3, 0.4) is 0 Å². The largest absolute Gasteiger partial charge is 0.481 e. The molecule has 0 aliphatic carbocycles. The monoisotopic (exact) mass is 331 g/mol. The fourth-order valence-electron chi connectivity index (χ4n) is 2.73. The van der Waals surface area contributed by atoms with Crippen LogP contribution < -0.4 is 0 Å². The zero-order valence-corrected chi connectivity index (χ0v) is 12.3. The topological polar surface area (TPSA) is 66.8 Å². The van der Waals surface area contributed by atoms with Gasteiger partial charge in [0.15, 0.2) is 0 Å². The second-order valence-corrected chi connectivity index (χ2v) is 5.39. The summed E-state index contributed by atoms with van der Waals surface area (Å²) >= 11 is 0. The van der Waals surface area contributed by atoms with Crippen molar-refractivity contribution in [1.82, 2.24) is 4.90 Å². The molecule has 23 heavy (non-hydrogen) atoms. The molecule has 5 nitrogen and oxygen atoms in total. The highest BCUT2D eigenvalue weighted by Crippen LogP contribution is 2.38. The highest BCUT2D eigenvalue weighted by atomic mass is 19.4. The number of hydrogen-bond acceptors (Lipinski definition) is 3. The Labute approximate surface area is 130 Å². The molecule has 1 N–H and O–H groups in total. The normalized spacial score (nSPS) is 21.5. The molecule has 1 aromatic rings. The van der Waals surface area contributed by atoms with Gasteiger partial charge in [-0.2, -0.15) is 13.2 Å². The Hall–Kier alpha value is -2.09. The van der Waals surface area contributed by atoms with Gasteiger partial charge in [-0.15, -0.1) is 0 Å². The molecular formula is C15H16F3NO4. The van der Waals surface area contributed by atoms with Gasteiger partial charge >= 0.3 is 12.1 Å². The van der Waals surface area contributed by atoms with Crippen LogP contribution in [0.5, 0.6) is 0 Å². The molecule has 1 aliphatic rings. The molecule has 2 atom stereocenters. The average Bonchev–Trinajstić information content (AvgIpc) is 2.93. The molecule has 0 bridgehead atoms. The van der Waals surface area contributed by atoms with Crippen molar-refractivity contribution in [2.45, 2.75) is 12.8 Å². The Bertz CT molecular complexity index is 603. The number of carboxylic acids is 1. The Kier molecular flexibility index (Phi) is 4.93. The molecule has 0 aromatic heterocycles. The summed E-state index contributed by atoms with van der Waals surface area (Å²) < 4.78 is 43.9. The Morgan fingerprint density at radius 1 is 1.30 bits per heavy atom. The van der Waals surface area contributed by atoms with E-state index in [9.17, 15) is 22.8 Å². The summed E-state index contributed by atoms with van der Waals surface area (Å²) in [6, 6.07) is 6.42. The molecule has 0 radical (unpaired) electrons. The van der Waals surface area contributed by atoms with E-state index in [2.05, 4.69) is 0 Å². The Balaban J connectivity index is 2.26. The number of likely N-dealkylation sites (tertiary alicyclic amines) is 1. The number of ether oxygens (including phenoxy) is 1. The lowest BCUT2D eigenvalue weighted by molar-refractivity contribution is -0.187. The summed E-state index contributed by atoms with van der Waals surface area (Å²) in [6.07, 6.45) is -4.66.